The molecule has 0 radical (unpaired) electrons. The van der Waals surface area contributed by atoms with Crippen LogP contribution >= 0.6 is 0 Å². The van der Waals surface area contributed by atoms with Crippen LogP contribution in [-0.2, 0) is 17.8 Å². The quantitative estimate of drug-likeness (QED) is 0.759. The maximum atomic E-state index is 5.69. The van der Waals surface area contributed by atoms with Crippen LogP contribution in [0.4, 0.5) is 0 Å². The average Bonchev–Trinajstić information content (AvgIpc) is 2.80. The first-order chi connectivity index (χ1) is 10.1. The van der Waals surface area contributed by atoms with Crippen molar-refractivity contribution in [1.29, 1.82) is 0 Å². The molecule has 0 spiro atoms. The molecule has 0 fully saturated rings. The Hall–Kier alpha value is -1.39. The largest absolute Gasteiger partial charge is 0.379 e. The third kappa shape index (κ3) is 4.55. The minimum absolute atomic E-state index is 0.481. The molecule has 0 aliphatic heterocycles. The summed E-state index contributed by atoms with van der Waals surface area (Å²) in [6.07, 6.45) is 4.05. The number of hydrogen-bond acceptors (Lipinski definition) is 3. The molecule has 2 aromatic heterocycles. The Bertz CT molecular complexity index is 560. The summed E-state index contributed by atoms with van der Waals surface area (Å²) in [4.78, 5) is 4.52. The standard InChI is InChI=1S/C17H27N3O/c1-13(2)12-21-9-8-20-11-15(10-19-14(3)4)16-6-5-7-18-17(16)20/h5-7,11,13-14,19H,8-10,12H2,1-4H3. The summed E-state index contributed by atoms with van der Waals surface area (Å²) in [5, 5.41) is 4.71. The molecule has 116 valence electrons. The van der Waals surface area contributed by atoms with E-state index in [-0.39, 0.29) is 0 Å². The molecule has 0 saturated carbocycles. The van der Waals surface area contributed by atoms with Gasteiger partial charge in [-0.25, -0.2) is 4.98 Å². The maximum absolute atomic E-state index is 5.69. The Balaban J connectivity index is 2.08. The van der Waals surface area contributed by atoms with Crippen molar-refractivity contribution in [2.45, 2.75) is 46.8 Å². The lowest BCUT2D eigenvalue weighted by atomic mass is 10.2. The Kier molecular flexibility index (Phi) is 5.76. The number of hydrogen-bond donors (Lipinski definition) is 1. The van der Waals surface area contributed by atoms with Crippen molar-refractivity contribution in [1.82, 2.24) is 14.9 Å². The summed E-state index contributed by atoms with van der Waals surface area (Å²) >= 11 is 0. The van der Waals surface area contributed by atoms with Gasteiger partial charge >= 0.3 is 0 Å². The molecule has 2 aromatic rings. The molecule has 2 rings (SSSR count). The van der Waals surface area contributed by atoms with Crippen molar-refractivity contribution in [3.05, 3.63) is 30.1 Å². The van der Waals surface area contributed by atoms with Gasteiger partial charge in [-0.15, -0.1) is 0 Å². The molecule has 0 aliphatic carbocycles. The van der Waals surface area contributed by atoms with Crippen LogP contribution in [0.2, 0.25) is 0 Å². The third-order valence-electron chi connectivity index (χ3n) is 3.34. The zero-order valence-corrected chi connectivity index (χ0v) is 13.6. The van der Waals surface area contributed by atoms with Crippen molar-refractivity contribution in [2.75, 3.05) is 13.2 Å². The summed E-state index contributed by atoms with van der Waals surface area (Å²) in [6, 6.07) is 4.63. The molecule has 0 unspecified atom stereocenters. The van der Waals surface area contributed by atoms with Crippen LogP contribution in [0.5, 0.6) is 0 Å². The molecule has 1 N–H and O–H groups in total. The number of nitrogens with zero attached hydrogens (tertiary/aromatic N) is 2. The Morgan fingerprint density at radius 3 is 2.81 bits per heavy atom. The van der Waals surface area contributed by atoms with Crippen LogP contribution in [0, 0.1) is 5.92 Å². The van der Waals surface area contributed by atoms with Gasteiger partial charge in [0, 0.05) is 43.5 Å². The predicted molar refractivity (Wildman–Crippen MR) is 87.4 cm³/mol. The van der Waals surface area contributed by atoms with Crippen LogP contribution in [0.3, 0.4) is 0 Å². The lowest BCUT2D eigenvalue weighted by Crippen LogP contribution is -2.21. The van der Waals surface area contributed by atoms with Gasteiger partial charge in [0.05, 0.1) is 6.61 Å². The van der Waals surface area contributed by atoms with Gasteiger partial charge in [-0.3, -0.25) is 0 Å². The summed E-state index contributed by atoms with van der Waals surface area (Å²) in [5.41, 5.74) is 2.35. The van der Waals surface area contributed by atoms with Crippen molar-refractivity contribution < 1.29 is 4.74 Å². The van der Waals surface area contributed by atoms with Crippen molar-refractivity contribution in [2.24, 2.45) is 5.92 Å². The Labute approximate surface area is 127 Å². The summed E-state index contributed by atoms with van der Waals surface area (Å²) in [6.45, 7) is 11.9. The zero-order valence-electron chi connectivity index (χ0n) is 13.6. The fourth-order valence-electron chi connectivity index (χ4n) is 2.30. The van der Waals surface area contributed by atoms with Gasteiger partial charge in [-0.05, 0) is 23.6 Å². The Morgan fingerprint density at radius 1 is 1.29 bits per heavy atom. The second-order valence-corrected chi connectivity index (χ2v) is 6.23. The molecule has 21 heavy (non-hydrogen) atoms. The van der Waals surface area contributed by atoms with E-state index in [2.05, 4.69) is 54.8 Å². The van der Waals surface area contributed by atoms with Crippen LogP contribution < -0.4 is 5.32 Å². The van der Waals surface area contributed by atoms with E-state index in [0.717, 1.165) is 32.0 Å². The number of ether oxygens (including phenoxy) is 1. The van der Waals surface area contributed by atoms with Gasteiger partial charge in [-0.1, -0.05) is 27.7 Å². The number of nitrogens with one attached hydrogen (secondary N) is 1. The number of fused-ring (bicyclic) bond motifs is 1. The molecular formula is C17H27N3O. The molecule has 0 bridgehead atoms. The van der Waals surface area contributed by atoms with Gasteiger partial charge in [0.15, 0.2) is 0 Å². The number of pyridine rings is 1. The molecule has 0 aromatic carbocycles. The minimum Gasteiger partial charge on any atom is -0.379 e. The minimum atomic E-state index is 0.481. The van der Waals surface area contributed by atoms with Crippen LogP contribution in [0.25, 0.3) is 11.0 Å². The van der Waals surface area contributed by atoms with Crippen molar-refractivity contribution in [3.8, 4) is 0 Å². The van der Waals surface area contributed by atoms with E-state index in [4.69, 9.17) is 4.74 Å². The van der Waals surface area contributed by atoms with E-state index in [1.807, 2.05) is 12.3 Å². The number of aromatic nitrogens is 2. The first-order valence-corrected chi connectivity index (χ1v) is 7.81. The lowest BCUT2D eigenvalue weighted by Gasteiger charge is -2.08. The fourth-order valence-corrected chi connectivity index (χ4v) is 2.30. The van der Waals surface area contributed by atoms with E-state index in [9.17, 15) is 0 Å². The van der Waals surface area contributed by atoms with Gasteiger partial charge in [0.25, 0.3) is 0 Å². The smallest absolute Gasteiger partial charge is 0.140 e. The fraction of sp³-hybridized carbons (Fsp3) is 0.588. The summed E-state index contributed by atoms with van der Waals surface area (Å²) < 4.78 is 7.89. The highest BCUT2D eigenvalue weighted by molar-refractivity contribution is 5.80. The highest BCUT2D eigenvalue weighted by Gasteiger charge is 2.09. The average molecular weight is 289 g/mol. The first kappa shape index (κ1) is 16.0. The Morgan fingerprint density at radius 2 is 2.10 bits per heavy atom. The first-order valence-electron chi connectivity index (χ1n) is 7.81. The molecule has 0 saturated heterocycles. The van der Waals surface area contributed by atoms with Crippen LogP contribution in [0.1, 0.15) is 33.3 Å². The molecular weight excluding hydrogens is 262 g/mol. The van der Waals surface area contributed by atoms with Crippen molar-refractivity contribution in [3.63, 3.8) is 0 Å². The van der Waals surface area contributed by atoms with Gasteiger partial charge < -0.3 is 14.6 Å². The van der Waals surface area contributed by atoms with E-state index in [1.165, 1.54) is 10.9 Å². The molecule has 4 nitrogen and oxygen atoms in total. The van der Waals surface area contributed by atoms with E-state index < -0.39 is 0 Å². The second kappa shape index (κ2) is 7.57. The SMILES string of the molecule is CC(C)COCCn1cc(CNC(C)C)c2cccnc21. The van der Waals surface area contributed by atoms with Gasteiger partial charge in [0.1, 0.15) is 5.65 Å². The van der Waals surface area contributed by atoms with Gasteiger partial charge in [0.2, 0.25) is 0 Å². The summed E-state index contributed by atoms with van der Waals surface area (Å²) in [7, 11) is 0. The van der Waals surface area contributed by atoms with Crippen LogP contribution in [-0.4, -0.2) is 28.8 Å². The van der Waals surface area contributed by atoms with Crippen molar-refractivity contribution >= 4 is 11.0 Å². The second-order valence-electron chi connectivity index (χ2n) is 6.23. The zero-order chi connectivity index (χ0) is 15.2. The van der Waals surface area contributed by atoms with E-state index >= 15 is 0 Å². The molecule has 0 atom stereocenters. The highest BCUT2D eigenvalue weighted by Crippen LogP contribution is 2.19. The number of rotatable bonds is 8. The molecule has 2 heterocycles. The molecule has 0 amide bonds. The predicted octanol–water partition coefficient (Wildman–Crippen LogP) is 3.21. The monoisotopic (exact) mass is 289 g/mol. The maximum Gasteiger partial charge on any atom is 0.140 e. The molecule has 4 heteroatoms. The van der Waals surface area contributed by atoms with E-state index in [1.54, 1.807) is 0 Å². The lowest BCUT2D eigenvalue weighted by molar-refractivity contribution is 0.104. The topological polar surface area (TPSA) is 39.1 Å². The van der Waals surface area contributed by atoms with Gasteiger partial charge in [-0.2, -0.15) is 0 Å². The third-order valence-corrected chi connectivity index (χ3v) is 3.34. The van der Waals surface area contributed by atoms with Crippen LogP contribution in [0.15, 0.2) is 24.5 Å². The highest BCUT2D eigenvalue weighted by atomic mass is 16.5. The molecule has 0 aliphatic rings. The van der Waals surface area contributed by atoms with E-state index in [0.29, 0.717) is 12.0 Å². The summed E-state index contributed by atoms with van der Waals surface area (Å²) in [5.74, 6) is 0.579. The normalized spacial score (nSPS) is 11.9.